The fraction of sp³-hybridized carbons (Fsp3) is 0.333. The van der Waals surface area contributed by atoms with Crippen molar-refractivity contribution in [1.29, 1.82) is 0 Å². The summed E-state index contributed by atoms with van der Waals surface area (Å²) in [5.41, 5.74) is 4.32. The van der Waals surface area contributed by atoms with Crippen LogP contribution in [0.5, 0.6) is 0 Å². The molecule has 0 aliphatic heterocycles. The number of nitrogens with one attached hydrogen (secondary N) is 1. The number of carboxylic acids is 2. The predicted molar refractivity (Wildman–Crippen MR) is 120 cm³/mol. The quantitative estimate of drug-likeness (QED) is 0.381. The van der Waals surface area contributed by atoms with Gasteiger partial charge in [0.2, 0.25) is 0 Å². The zero-order valence-corrected chi connectivity index (χ0v) is 18.0. The molecular weight excluding hydrogens is 410 g/mol. The van der Waals surface area contributed by atoms with Crippen LogP contribution in [-0.4, -0.2) is 42.5 Å². The van der Waals surface area contributed by atoms with Gasteiger partial charge in [-0.15, -0.1) is 0 Å². The topological polar surface area (TPSA) is 125 Å². The van der Waals surface area contributed by atoms with Gasteiger partial charge in [0.15, 0.2) is 5.78 Å². The third kappa shape index (κ3) is 5.51. The molecule has 0 radical (unpaired) electrons. The van der Waals surface area contributed by atoms with E-state index in [0.29, 0.717) is 12.2 Å². The molecule has 0 saturated heterocycles. The van der Waals surface area contributed by atoms with Crippen molar-refractivity contribution in [2.45, 2.75) is 45.6 Å². The summed E-state index contributed by atoms with van der Waals surface area (Å²) in [6, 6.07) is 8.28. The number of aliphatic carboxylic acids is 2. The number of aromatic amines is 1. The second-order valence-corrected chi connectivity index (χ2v) is 7.75. The first-order chi connectivity index (χ1) is 15.4. The Balaban J connectivity index is 0.000000312. The van der Waals surface area contributed by atoms with Gasteiger partial charge in [0.05, 0.1) is 12.0 Å². The van der Waals surface area contributed by atoms with Crippen LogP contribution in [0.3, 0.4) is 0 Å². The molecular formula is C24H27N3O5. The molecule has 4 rings (SSSR count). The number of ketones is 1. The molecule has 0 fully saturated rings. The Morgan fingerprint density at radius 1 is 1.19 bits per heavy atom. The summed E-state index contributed by atoms with van der Waals surface area (Å²) in [4.78, 5) is 39.8. The van der Waals surface area contributed by atoms with Gasteiger partial charge >= 0.3 is 11.9 Å². The molecule has 8 heteroatoms. The summed E-state index contributed by atoms with van der Waals surface area (Å²) in [7, 11) is 0. The van der Waals surface area contributed by atoms with Gasteiger partial charge in [-0.2, -0.15) is 0 Å². The number of imidazole rings is 1. The number of aromatic nitrogens is 3. The number of carbonyl (C=O) groups is 3. The number of unbranched alkanes of at least 4 members (excludes halogenated alkanes) is 1. The van der Waals surface area contributed by atoms with Crippen molar-refractivity contribution in [3.8, 4) is 0 Å². The molecule has 0 bridgehead atoms. The maximum Gasteiger partial charge on any atom is 0.328 e. The minimum absolute atomic E-state index is 0.0587. The Labute approximate surface area is 185 Å². The molecule has 0 saturated carbocycles. The van der Waals surface area contributed by atoms with Crippen molar-refractivity contribution in [3.05, 3.63) is 65.9 Å². The van der Waals surface area contributed by atoms with E-state index in [1.807, 2.05) is 6.07 Å². The van der Waals surface area contributed by atoms with Crippen LogP contribution in [-0.2, 0) is 29.0 Å². The zero-order chi connectivity index (χ0) is 23.1. The summed E-state index contributed by atoms with van der Waals surface area (Å²) < 4.78 is 2.25. The smallest absolute Gasteiger partial charge is 0.328 e. The van der Waals surface area contributed by atoms with Gasteiger partial charge in [-0.1, -0.05) is 31.5 Å². The van der Waals surface area contributed by atoms with Crippen LogP contribution in [0, 0.1) is 5.92 Å². The van der Waals surface area contributed by atoms with E-state index in [-0.39, 0.29) is 11.7 Å². The van der Waals surface area contributed by atoms with Crippen LogP contribution in [0.4, 0.5) is 0 Å². The van der Waals surface area contributed by atoms with E-state index in [1.54, 1.807) is 6.33 Å². The highest BCUT2D eigenvalue weighted by atomic mass is 16.4. The number of carboxylic acid groups (broad SMARTS) is 2. The predicted octanol–water partition coefficient (Wildman–Crippen LogP) is 3.86. The van der Waals surface area contributed by atoms with Crippen molar-refractivity contribution in [1.82, 2.24) is 14.5 Å². The van der Waals surface area contributed by atoms with Crippen molar-refractivity contribution < 1.29 is 24.6 Å². The van der Waals surface area contributed by atoms with Crippen molar-refractivity contribution in [2.75, 3.05) is 0 Å². The maximum atomic E-state index is 13.2. The summed E-state index contributed by atoms with van der Waals surface area (Å²) in [5, 5.41) is 16.7. The van der Waals surface area contributed by atoms with Gasteiger partial charge < -0.3 is 19.8 Å². The Morgan fingerprint density at radius 3 is 2.59 bits per heavy atom. The molecule has 2 aromatic heterocycles. The average molecular weight is 437 g/mol. The standard InChI is InChI=1S/C20H23N3O.C4H4O4/c1-2-3-10-23-12-16(15-6-4-5-7-19(15)23)20(24)14-8-9-17-18(11-14)22-13-21-17;5-3(6)1-2-4(7)8/h4-7,12-14H,2-3,8-11H2,1H3,(H,21,22);1-2H,(H,5,6)(H,7,8)/b;2-1+. The lowest BCUT2D eigenvalue weighted by Crippen LogP contribution is -2.22. The first kappa shape index (κ1) is 23.0. The SMILES string of the molecule is CCCCn1cc(C(=O)C2CCc3nc[nH]c3C2)c2ccccc21.O=C(O)/C=C/C(=O)O. The molecule has 0 spiro atoms. The number of carbonyl (C=O) groups excluding carboxylic acids is 1. The van der Waals surface area contributed by atoms with E-state index in [0.717, 1.165) is 61.0 Å². The number of H-pyrrole nitrogens is 1. The number of rotatable bonds is 7. The minimum Gasteiger partial charge on any atom is -0.478 e. The first-order valence-electron chi connectivity index (χ1n) is 10.7. The van der Waals surface area contributed by atoms with Crippen molar-refractivity contribution >= 4 is 28.6 Å². The molecule has 32 heavy (non-hydrogen) atoms. The van der Waals surface area contributed by atoms with Crippen LogP contribution in [0.2, 0.25) is 0 Å². The molecule has 1 unspecified atom stereocenters. The number of para-hydroxylation sites is 1. The second-order valence-electron chi connectivity index (χ2n) is 7.75. The van der Waals surface area contributed by atoms with E-state index >= 15 is 0 Å². The van der Waals surface area contributed by atoms with Gasteiger partial charge in [-0.25, -0.2) is 14.6 Å². The van der Waals surface area contributed by atoms with E-state index < -0.39 is 11.9 Å². The van der Waals surface area contributed by atoms with Crippen LogP contribution in [0.1, 0.15) is 47.9 Å². The fourth-order valence-corrected chi connectivity index (χ4v) is 3.94. The molecule has 1 aliphatic carbocycles. The minimum atomic E-state index is -1.26. The number of Topliss-reactive ketones (excluding diaryl/α,β-unsaturated/α-hetero) is 1. The molecule has 3 aromatic rings. The van der Waals surface area contributed by atoms with Crippen molar-refractivity contribution in [2.24, 2.45) is 5.92 Å². The first-order valence-corrected chi connectivity index (χ1v) is 10.7. The van der Waals surface area contributed by atoms with Crippen LogP contribution < -0.4 is 0 Å². The number of hydrogen-bond acceptors (Lipinski definition) is 4. The third-order valence-electron chi connectivity index (χ3n) is 5.53. The summed E-state index contributed by atoms with van der Waals surface area (Å²) in [6.45, 7) is 3.17. The number of nitrogens with zero attached hydrogens (tertiary/aromatic N) is 2. The Morgan fingerprint density at radius 2 is 1.91 bits per heavy atom. The lowest BCUT2D eigenvalue weighted by Gasteiger charge is -2.19. The fourth-order valence-electron chi connectivity index (χ4n) is 3.94. The molecule has 0 amide bonds. The summed E-state index contributed by atoms with van der Waals surface area (Å²) in [6.07, 6.45) is 9.79. The monoisotopic (exact) mass is 437 g/mol. The van der Waals surface area contributed by atoms with E-state index in [4.69, 9.17) is 10.2 Å². The normalized spacial score (nSPS) is 15.2. The average Bonchev–Trinajstić information content (AvgIpc) is 3.40. The zero-order valence-electron chi connectivity index (χ0n) is 18.0. The summed E-state index contributed by atoms with van der Waals surface area (Å²) >= 11 is 0. The van der Waals surface area contributed by atoms with E-state index in [1.165, 1.54) is 5.52 Å². The van der Waals surface area contributed by atoms with E-state index in [9.17, 15) is 14.4 Å². The number of fused-ring (bicyclic) bond motifs is 2. The molecule has 1 aliphatic rings. The highest BCUT2D eigenvalue weighted by Gasteiger charge is 2.28. The Bertz CT molecular complexity index is 1130. The van der Waals surface area contributed by atoms with Gasteiger partial charge in [0.1, 0.15) is 0 Å². The van der Waals surface area contributed by atoms with Gasteiger partial charge in [-0.3, -0.25) is 4.79 Å². The van der Waals surface area contributed by atoms with Gasteiger partial charge in [-0.05, 0) is 31.7 Å². The molecule has 2 heterocycles. The van der Waals surface area contributed by atoms with Crippen LogP contribution >= 0.6 is 0 Å². The second kappa shape index (κ2) is 10.6. The van der Waals surface area contributed by atoms with Crippen molar-refractivity contribution in [3.63, 3.8) is 0 Å². The molecule has 1 atom stereocenters. The number of aryl methyl sites for hydroxylation is 2. The highest BCUT2D eigenvalue weighted by molar-refractivity contribution is 6.09. The Kier molecular flexibility index (Phi) is 7.59. The molecule has 8 nitrogen and oxygen atoms in total. The Hall–Kier alpha value is -3.68. The molecule has 1 aromatic carbocycles. The van der Waals surface area contributed by atoms with Gasteiger partial charge in [0.25, 0.3) is 0 Å². The maximum absolute atomic E-state index is 13.2. The third-order valence-corrected chi connectivity index (χ3v) is 5.53. The lowest BCUT2D eigenvalue weighted by molar-refractivity contribution is -0.134. The molecule has 3 N–H and O–H groups in total. The summed E-state index contributed by atoms with van der Waals surface area (Å²) in [5.74, 6) is -2.18. The lowest BCUT2D eigenvalue weighted by atomic mass is 9.84. The van der Waals surface area contributed by atoms with E-state index in [2.05, 4.69) is 45.9 Å². The van der Waals surface area contributed by atoms with Crippen LogP contribution in [0.25, 0.3) is 10.9 Å². The highest BCUT2D eigenvalue weighted by Crippen LogP contribution is 2.30. The van der Waals surface area contributed by atoms with Gasteiger partial charge in [0, 0.05) is 53.0 Å². The largest absolute Gasteiger partial charge is 0.478 e. The molecule has 168 valence electrons. The number of hydrogen-bond donors (Lipinski definition) is 3. The van der Waals surface area contributed by atoms with Crippen LogP contribution in [0.15, 0.2) is 48.9 Å². The number of benzene rings is 1.